The smallest absolute Gasteiger partial charge is 0.239 e. The van der Waals surface area contributed by atoms with Gasteiger partial charge in [-0.2, -0.15) is 0 Å². The zero-order chi connectivity index (χ0) is 21.2. The molecule has 0 spiro atoms. The fourth-order valence-corrected chi connectivity index (χ4v) is 5.61. The van der Waals surface area contributed by atoms with E-state index in [1.165, 1.54) is 0 Å². The molecule has 31 heavy (non-hydrogen) atoms. The van der Waals surface area contributed by atoms with E-state index in [0.29, 0.717) is 13.0 Å². The predicted molar refractivity (Wildman–Crippen MR) is 122 cm³/mol. The molecular weight excluding hydrogens is 410 g/mol. The summed E-state index contributed by atoms with van der Waals surface area (Å²) in [4.78, 5) is 29.3. The largest absolute Gasteiger partial charge is 0.376 e. The molecule has 1 aromatic carbocycles. The zero-order valence-electron chi connectivity index (χ0n) is 17.4. The first kappa shape index (κ1) is 20.3. The monoisotopic (exact) mass is 437 g/mol. The molecule has 0 bridgehead atoms. The van der Waals surface area contributed by atoms with Gasteiger partial charge < -0.3 is 20.3 Å². The number of rotatable bonds is 5. The molecule has 0 unspecified atom stereocenters. The number of fused-ring (bicyclic) bond motifs is 1. The van der Waals surface area contributed by atoms with Gasteiger partial charge in [-0.1, -0.05) is 18.2 Å². The van der Waals surface area contributed by atoms with Crippen molar-refractivity contribution >= 4 is 34.4 Å². The van der Waals surface area contributed by atoms with E-state index < -0.39 is 0 Å². The molecule has 0 saturated carbocycles. The Morgan fingerprint density at radius 1 is 1.19 bits per heavy atom. The number of carbonyl (C=O) groups excluding carboxylic acids is 2. The first-order valence-corrected chi connectivity index (χ1v) is 11.9. The maximum atomic E-state index is 13.1. The SMILES string of the molecule is O=C(CN1c2ccccc2NC2=C(C(=O)CCC2)[C@H]1c1cccs1)NC[C@H]1CCCO1. The van der Waals surface area contributed by atoms with Gasteiger partial charge >= 0.3 is 0 Å². The van der Waals surface area contributed by atoms with E-state index >= 15 is 0 Å². The summed E-state index contributed by atoms with van der Waals surface area (Å²) < 4.78 is 5.65. The zero-order valence-corrected chi connectivity index (χ0v) is 18.2. The Hall–Kier alpha value is -2.64. The van der Waals surface area contributed by atoms with Crippen LogP contribution in [0.3, 0.4) is 0 Å². The molecule has 2 N–H and O–H groups in total. The minimum atomic E-state index is -0.271. The number of amides is 1. The second kappa shape index (κ2) is 8.85. The highest BCUT2D eigenvalue weighted by Crippen LogP contribution is 2.45. The average Bonchev–Trinajstić information content (AvgIpc) is 3.46. The molecule has 3 aliphatic rings. The number of Topliss-reactive ketones (excluding diaryl/α,β-unsaturated/α-hetero) is 1. The van der Waals surface area contributed by atoms with E-state index in [-0.39, 0.29) is 30.4 Å². The molecule has 3 heterocycles. The van der Waals surface area contributed by atoms with Crippen LogP contribution in [0, 0.1) is 0 Å². The van der Waals surface area contributed by atoms with Crippen LogP contribution in [0.5, 0.6) is 0 Å². The Balaban J connectivity index is 1.51. The molecule has 5 rings (SSSR count). The number of allylic oxidation sites excluding steroid dienone is 1. The summed E-state index contributed by atoms with van der Waals surface area (Å²) in [6.07, 6.45) is 4.38. The number of anilines is 2. The fourth-order valence-electron chi connectivity index (χ4n) is 4.76. The molecule has 162 valence electrons. The molecule has 2 aliphatic heterocycles. The van der Waals surface area contributed by atoms with Crippen molar-refractivity contribution in [2.24, 2.45) is 0 Å². The van der Waals surface area contributed by atoms with Crippen LogP contribution in [0.1, 0.15) is 43.0 Å². The van der Waals surface area contributed by atoms with Crippen LogP contribution in [0.25, 0.3) is 0 Å². The average molecular weight is 438 g/mol. The van der Waals surface area contributed by atoms with Crippen molar-refractivity contribution < 1.29 is 14.3 Å². The number of ether oxygens (including phenoxy) is 1. The van der Waals surface area contributed by atoms with Crippen molar-refractivity contribution in [2.75, 3.05) is 29.9 Å². The van der Waals surface area contributed by atoms with Gasteiger partial charge in [-0.15, -0.1) is 11.3 Å². The Morgan fingerprint density at radius 3 is 2.90 bits per heavy atom. The number of carbonyl (C=O) groups is 2. The lowest BCUT2D eigenvalue weighted by Crippen LogP contribution is -2.42. The molecule has 1 amide bonds. The summed E-state index contributed by atoms with van der Waals surface area (Å²) in [5, 5.41) is 8.61. The van der Waals surface area contributed by atoms with E-state index in [2.05, 4.69) is 21.6 Å². The molecule has 1 aliphatic carbocycles. The van der Waals surface area contributed by atoms with Gasteiger partial charge in [-0.05, 0) is 49.3 Å². The lowest BCUT2D eigenvalue weighted by Gasteiger charge is -2.34. The third-order valence-corrected chi connectivity index (χ3v) is 7.14. The first-order valence-electron chi connectivity index (χ1n) is 11.0. The lowest BCUT2D eigenvalue weighted by molar-refractivity contribution is -0.120. The Kier molecular flexibility index (Phi) is 5.78. The van der Waals surface area contributed by atoms with Crippen LogP contribution in [-0.2, 0) is 14.3 Å². The predicted octanol–water partition coefficient (Wildman–Crippen LogP) is 4.02. The van der Waals surface area contributed by atoms with Crippen LogP contribution in [0.4, 0.5) is 11.4 Å². The Morgan fingerprint density at radius 2 is 2.10 bits per heavy atom. The number of para-hydroxylation sites is 2. The standard InChI is InChI=1S/C24H27N3O3S/c28-20-10-3-8-18-23(20)24(21-11-5-13-31-21)27(19-9-2-1-7-17(19)26-18)15-22(29)25-14-16-6-4-12-30-16/h1-2,5,7,9,11,13,16,24,26H,3-4,6,8,10,12,14-15H2,(H,25,29)/t16-,24-/m1/s1. The minimum absolute atomic E-state index is 0.0563. The highest BCUT2D eigenvalue weighted by molar-refractivity contribution is 7.10. The molecule has 1 fully saturated rings. The summed E-state index contributed by atoms with van der Waals surface area (Å²) in [5.41, 5.74) is 3.67. The molecule has 2 atom stereocenters. The normalized spacial score (nSPS) is 23.1. The Labute approximate surface area is 186 Å². The quantitative estimate of drug-likeness (QED) is 0.739. The Bertz CT molecular complexity index is 995. The molecular formula is C24H27N3O3S. The van der Waals surface area contributed by atoms with Crippen molar-refractivity contribution in [3.63, 3.8) is 0 Å². The van der Waals surface area contributed by atoms with Crippen molar-refractivity contribution in [3.8, 4) is 0 Å². The maximum absolute atomic E-state index is 13.1. The van der Waals surface area contributed by atoms with Gasteiger partial charge in [0.05, 0.1) is 30.1 Å². The third-order valence-electron chi connectivity index (χ3n) is 6.22. The van der Waals surface area contributed by atoms with Gasteiger partial charge in [0.25, 0.3) is 0 Å². The number of nitrogens with one attached hydrogen (secondary N) is 2. The van der Waals surface area contributed by atoms with E-state index in [4.69, 9.17) is 4.74 Å². The molecule has 1 aromatic heterocycles. The summed E-state index contributed by atoms with van der Waals surface area (Å²) in [5.74, 6) is 0.115. The van der Waals surface area contributed by atoms with Gasteiger partial charge in [-0.3, -0.25) is 9.59 Å². The topological polar surface area (TPSA) is 70.7 Å². The van der Waals surface area contributed by atoms with Gasteiger partial charge in [-0.25, -0.2) is 0 Å². The molecule has 6 nitrogen and oxygen atoms in total. The van der Waals surface area contributed by atoms with Crippen LogP contribution in [0.2, 0.25) is 0 Å². The summed E-state index contributed by atoms with van der Waals surface area (Å²) in [6, 6.07) is 11.8. The van der Waals surface area contributed by atoms with E-state index in [1.807, 2.05) is 35.7 Å². The van der Waals surface area contributed by atoms with Gasteiger partial charge in [0.1, 0.15) is 0 Å². The van der Waals surface area contributed by atoms with Crippen LogP contribution in [0.15, 0.2) is 53.0 Å². The van der Waals surface area contributed by atoms with Crippen molar-refractivity contribution in [1.82, 2.24) is 5.32 Å². The highest BCUT2D eigenvalue weighted by Gasteiger charge is 2.37. The maximum Gasteiger partial charge on any atom is 0.239 e. The molecule has 2 aromatic rings. The molecule has 7 heteroatoms. The van der Waals surface area contributed by atoms with Gasteiger partial charge in [0.15, 0.2) is 5.78 Å². The number of ketones is 1. The van der Waals surface area contributed by atoms with Gasteiger partial charge in [0.2, 0.25) is 5.91 Å². The number of thiophene rings is 1. The van der Waals surface area contributed by atoms with Crippen LogP contribution >= 0.6 is 11.3 Å². The third kappa shape index (κ3) is 4.12. The highest BCUT2D eigenvalue weighted by atomic mass is 32.1. The second-order valence-corrected chi connectivity index (χ2v) is 9.28. The van der Waals surface area contributed by atoms with Crippen molar-refractivity contribution in [3.05, 3.63) is 57.9 Å². The van der Waals surface area contributed by atoms with Crippen molar-refractivity contribution in [2.45, 2.75) is 44.2 Å². The second-order valence-electron chi connectivity index (χ2n) is 8.30. The van der Waals surface area contributed by atoms with Crippen LogP contribution < -0.4 is 15.5 Å². The van der Waals surface area contributed by atoms with E-state index in [0.717, 1.165) is 59.8 Å². The fraction of sp³-hybridized carbons (Fsp3) is 0.417. The first-order chi connectivity index (χ1) is 15.2. The number of hydrogen-bond donors (Lipinski definition) is 2. The lowest BCUT2D eigenvalue weighted by atomic mass is 9.88. The van der Waals surface area contributed by atoms with E-state index in [9.17, 15) is 9.59 Å². The van der Waals surface area contributed by atoms with E-state index in [1.54, 1.807) is 11.3 Å². The minimum Gasteiger partial charge on any atom is -0.376 e. The number of hydrogen-bond acceptors (Lipinski definition) is 6. The summed E-state index contributed by atoms with van der Waals surface area (Å²) in [6.45, 7) is 1.48. The molecule has 0 radical (unpaired) electrons. The number of nitrogens with zero attached hydrogens (tertiary/aromatic N) is 1. The summed E-state index contributed by atoms with van der Waals surface area (Å²) >= 11 is 1.63. The van der Waals surface area contributed by atoms with Crippen molar-refractivity contribution in [1.29, 1.82) is 0 Å². The van der Waals surface area contributed by atoms with Gasteiger partial charge in [0, 0.05) is 35.7 Å². The summed E-state index contributed by atoms with van der Waals surface area (Å²) in [7, 11) is 0. The molecule has 1 saturated heterocycles. The van der Waals surface area contributed by atoms with Crippen LogP contribution in [-0.4, -0.2) is 37.5 Å². The number of benzene rings is 1.